The first kappa shape index (κ1) is 18.3. The molecule has 0 fully saturated rings. The van der Waals surface area contributed by atoms with Crippen molar-refractivity contribution in [2.75, 3.05) is 25.0 Å². The van der Waals surface area contributed by atoms with Gasteiger partial charge in [0.15, 0.2) is 0 Å². The average molecular weight is 359 g/mol. The third-order valence-electron chi connectivity index (χ3n) is 4.73. The minimum atomic E-state index is -2.57. The number of nitrogens with zero attached hydrogens (tertiary/aromatic N) is 2. The van der Waals surface area contributed by atoms with E-state index < -0.39 is 6.43 Å². The van der Waals surface area contributed by atoms with Gasteiger partial charge in [0.25, 0.3) is 12.3 Å². The minimum Gasteiger partial charge on any atom is -0.371 e. The molecule has 1 aliphatic rings. The van der Waals surface area contributed by atoms with E-state index in [4.69, 9.17) is 0 Å². The lowest BCUT2D eigenvalue weighted by Crippen LogP contribution is -2.30. The zero-order valence-corrected chi connectivity index (χ0v) is 15.1. The van der Waals surface area contributed by atoms with E-state index in [9.17, 15) is 13.6 Å². The summed E-state index contributed by atoms with van der Waals surface area (Å²) >= 11 is 0. The van der Waals surface area contributed by atoms with E-state index in [1.807, 2.05) is 6.07 Å². The number of halogens is 2. The van der Waals surface area contributed by atoms with E-state index in [1.54, 1.807) is 18.2 Å². The number of carbonyl (C=O) groups is 1. The normalized spacial score (nSPS) is 13.7. The van der Waals surface area contributed by atoms with Gasteiger partial charge in [-0.3, -0.25) is 9.78 Å². The number of fused-ring (bicyclic) bond motifs is 1. The van der Waals surface area contributed by atoms with Crippen molar-refractivity contribution >= 4 is 11.6 Å². The summed E-state index contributed by atoms with van der Waals surface area (Å²) in [5.74, 6) is -0.300. The molecule has 0 saturated heterocycles. The Bertz CT molecular complexity index is 790. The maximum atomic E-state index is 13.8. The van der Waals surface area contributed by atoms with Crippen molar-refractivity contribution in [2.45, 2.75) is 32.6 Å². The Hall–Kier alpha value is -2.50. The average Bonchev–Trinajstić information content (AvgIpc) is 2.67. The molecule has 1 aliphatic heterocycles. The predicted octanol–water partition coefficient (Wildman–Crippen LogP) is 4.21. The van der Waals surface area contributed by atoms with Crippen molar-refractivity contribution < 1.29 is 13.6 Å². The molecule has 3 rings (SSSR count). The summed E-state index contributed by atoms with van der Waals surface area (Å²) in [5, 5.41) is 2.50. The maximum Gasteiger partial charge on any atom is 0.269 e. The molecule has 0 unspecified atom stereocenters. The van der Waals surface area contributed by atoms with Crippen LogP contribution >= 0.6 is 0 Å². The van der Waals surface area contributed by atoms with Crippen molar-refractivity contribution in [3.05, 3.63) is 47.3 Å². The van der Waals surface area contributed by atoms with Crippen LogP contribution in [0.2, 0.25) is 0 Å². The van der Waals surface area contributed by atoms with Gasteiger partial charge in [-0.25, -0.2) is 8.78 Å². The van der Waals surface area contributed by atoms with Crippen LogP contribution in [0.3, 0.4) is 0 Å². The van der Waals surface area contributed by atoms with E-state index in [-0.39, 0.29) is 17.2 Å². The van der Waals surface area contributed by atoms with Gasteiger partial charge < -0.3 is 10.2 Å². The molecule has 1 N–H and O–H groups in total. The number of pyridine rings is 1. The Morgan fingerprint density at radius 2 is 2.15 bits per heavy atom. The van der Waals surface area contributed by atoms with Gasteiger partial charge in [0, 0.05) is 43.1 Å². The number of aromatic nitrogens is 1. The highest BCUT2D eigenvalue weighted by Crippen LogP contribution is 2.38. The summed E-state index contributed by atoms with van der Waals surface area (Å²) in [7, 11) is 1.53. The SMILES string of the molecule is CCCN1CCCc2cc(-c3ccc(C(=O)NC)nc3)c(C(F)F)cc21. The molecule has 0 bridgehead atoms. The fourth-order valence-corrected chi connectivity index (χ4v) is 3.47. The number of benzene rings is 1. The molecule has 138 valence electrons. The first-order valence-corrected chi connectivity index (χ1v) is 8.93. The Morgan fingerprint density at radius 1 is 1.35 bits per heavy atom. The molecule has 1 aromatic carbocycles. The Balaban J connectivity index is 2.05. The fourth-order valence-electron chi connectivity index (χ4n) is 3.47. The highest BCUT2D eigenvalue weighted by molar-refractivity contribution is 5.92. The first-order valence-electron chi connectivity index (χ1n) is 8.93. The molecule has 1 amide bonds. The molecule has 0 aliphatic carbocycles. The smallest absolute Gasteiger partial charge is 0.269 e. The number of amides is 1. The summed E-state index contributed by atoms with van der Waals surface area (Å²) in [6.45, 7) is 3.87. The first-order chi connectivity index (χ1) is 12.5. The van der Waals surface area contributed by atoms with Crippen LogP contribution in [0.15, 0.2) is 30.5 Å². The topological polar surface area (TPSA) is 45.2 Å². The molecule has 26 heavy (non-hydrogen) atoms. The zero-order valence-electron chi connectivity index (χ0n) is 15.1. The molecule has 0 saturated carbocycles. The van der Waals surface area contributed by atoms with Gasteiger partial charge in [-0.05, 0) is 48.6 Å². The van der Waals surface area contributed by atoms with Gasteiger partial charge in [0.2, 0.25) is 0 Å². The van der Waals surface area contributed by atoms with Gasteiger partial charge in [-0.1, -0.05) is 13.0 Å². The zero-order chi connectivity index (χ0) is 18.7. The Labute approximate surface area is 152 Å². The van der Waals surface area contributed by atoms with E-state index in [0.29, 0.717) is 11.1 Å². The van der Waals surface area contributed by atoms with Crippen LogP contribution in [0.1, 0.15) is 47.8 Å². The molecule has 0 radical (unpaired) electrons. The molecule has 6 heteroatoms. The van der Waals surface area contributed by atoms with E-state index in [2.05, 4.69) is 22.1 Å². The number of aryl methyl sites for hydroxylation is 1. The third kappa shape index (κ3) is 3.54. The Morgan fingerprint density at radius 3 is 2.77 bits per heavy atom. The highest BCUT2D eigenvalue weighted by Gasteiger charge is 2.23. The van der Waals surface area contributed by atoms with E-state index in [0.717, 1.165) is 43.6 Å². The number of anilines is 1. The van der Waals surface area contributed by atoms with Crippen molar-refractivity contribution in [3.8, 4) is 11.1 Å². The second kappa shape index (κ2) is 7.81. The van der Waals surface area contributed by atoms with Crippen molar-refractivity contribution in [1.29, 1.82) is 0 Å². The number of rotatable bonds is 5. The Kier molecular flexibility index (Phi) is 5.49. The molecular formula is C20H23F2N3O. The second-order valence-corrected chi connectivity index (χ2v) is 6.47. The maximum absolute atomic E-state index is 13.8. The monoisotopic (exact) mass is 359 g/mol. The molecular weight excluding hydrogens is 336 g/mol. The molecule has 2 heterocycles. The molecule has 0 atom stereocenters. The van der Waals surface area contributed by atoms with Gasteiger partial charge >= 0.3 is 0 Å². The highest BCUT2D eigenvalue weighted by atomic mass is 19.3. The van der Waals surface area contributed by atoms with Crippen molar-refractivity contribution in [2.24, 2.45) is 0 Å². The van der Waals surface area contributed by atoms with E-state index in [1.165, 1.54) is 13.2 Å². The summed E-state index contributed by atoms with van der Waals surface area (Å²) in [4.78, 5) is 17.9. The van der Waals surface area contributed by atoms with Crippen LogP contribution in [0, 0.1) is 0 Å². The van der Waals surface area contributed by atoms with Gasteiger partial charge in [-0.15, -0.1) is 0 Å². The van der Waals surface area contributed by atoms with Crippen LogP contribution < -0.4 is 10.2 Å². The fraction of sp³-hybridized carbons (Fsp3) is 0.400. The summed E-state index contributed by atoms with van der Waals surface area (Å²) in [6.07, 6.45) is 1.81. The van der Waals surface area contributed by atoms with Crippen molar-refractivity contribution in [3.63, 3.8) is 0 Å². The summed E-state index contributed by atoms with van der Waals surface area (Å²) in [5.41, 5.74) is 3.39. The number of alkyl halides is 2. The second-order valence-electron chi connectivity index (χ2n) is 6.47. The molecule has 2 aromatic rings. The minimum absolute atomic E-state index is 0.0150. The van der Waals surface area contributed by atoms with Gasteiger partial charge in [0.1, 0.15) is 5.69 Å². The number of hydrogen-bond donors (Lipinski definition) is 1. The number of carbonyl (C=O) groups excluding carboxylic acids is 1. The van der Waals surface area contributed by atoms with Crippen LogP contribution in [-0.2, 0) is 6.42 Å². The third-order valence-corrected chi connectivity index (χ3v) is 4.73. The number of nitrogens with one attached hydrogen (secondary N) is 1. The van der Waals surface area contributed by atoms with Gasteiger partial charge in [-0.2, -0.15) is 0 Å². The largest absolute Gasteiger partial charge is 0.371 e. The summed E-state index contributed by atoms with van der Waals surface area (Å²) < 4.78 is 27.5. The lowest BCUT2D eigenvalue weighted by Gasteiger charge is -2.32. The quantitative estimate of drug-likeness (QED) is 0.870. The van der Waals surface area contributed by atoms with Crippen LogP contribution in [0.4, 0.5) is 14.5 Å². The standard InChI is InChI=1S/C20H23F2N3O/c1-3-8-25-9-4-5-13-10-15(16(19(21)22)11-18(13)25)14-6-7-17(24-12-14)20(26)23-2/h6-7,10-12,19H,3-5,8-9H2,1-2H3,(H,23,26). The molecule has 0 spiro atoms. The van der Waals surface area contributed by atoms with Crippen LogP contribution in [0.5, 0.6) is 0 Å². The summed E-state index contributed by atoms with van der Waals surface area (Å²) in [6, 6.07) is 6.75. The lowest BCUT2D eigenvalue weighted by molar-refractivity contribution is 0.0958. The van der Waals surface area contributed by atoms with Crippen LogP contribution in [0.25, 0.3) is 11.1 Å². The molecule has 1 aromatic heterocycles. The van der Waals surface area contributed by atoms with Crippen molar-refractivity contribution in [1.82, 2.24) is 10.3 Å². The lowest BCUT2D eigenvalue weighted by atomic mass is 9.92. The molecule has 4 nitrogen and oxygen atoms in total. The van der Waals surface area contributed by atoms with E-state index >= 15 is 0 Å². The van der Waals surface area contributed by atoms with Crippen LogP contribution in [-0.4, -0.2) is 31.0 Å². The van der Waals surface area contributed by atoms with Gasteiger partial charge in [0.05, 0.1) is 0 Å². The predicted molar refractivity (Wildman–Crippen MR) is 98.8 cm³/mol. The number of hydrogen-bond acceptors (Lipinski definition) is 3.